The zero-order chi connectivity index (χ0) is 15.2. The van der Waals surface area contributed by atoms with Crippen LogP contribution >= 0.6 is 0 Å². The van der Waals surface area contributed by atoms with E-state index in [4.69, 9.17) is 0 Å². The van der Waals surface area contributed by atoms with E-state index in [2.05, 4.69) is 12.2 Å². The number of aryl methyl sites for hydroxylation is 1. The van der Waals surface area contributed by atoms with Crippen molar-refractivity contribution in [2.45, 2.75) is 57.1 Å². The molecule has 0 bridgehead atoms. The van der Waals surface area contributed by atoms with Crippen molar-refractivity contribution < 1.29 is 8.42 Å². The Labute approximate surface area is 123 Å². The van der Waals surface area contributed by atoms with E-state index >= 15 is 0 Å². The molecule has 0 fully saturated rings. The van der Waals surface area contributed by atoms with Gasteiger partial charge < -0.3 is 5.32 Å². The lowest BCUT2D eigenvalue weighted by Gasteiger charge is -2.26. The number of rotatable bonds is 8. The van der Waals surface area contributed by atoms with Gasteiger partial charge in [-0.05, 0) is 37.9 Å². The van der Waals surface area contributed by atoms with Crippen LogP contribution in [0, 0.1) is 6.92 Å². The molecule has 4 heteroatoms. The van der Waals surface area contributed by atoms with E-state index in [1.165, 1.54) is 0 Å². The molecule has 0 heterocycles. The number of nitrogens with one attached hydrogen (secondary N) is 1. The molecule has 2 unspecified atom stereocenters. The zero-order valence-electron chi connectivity index (χ0n) is 13.0. The van der Waals surface area contributed by atoms with Crippen molar-refractivity contribution in [1.29, 1.82) is 0 Å². The number of benzene rings is 1. The second kappa shape index (κ2) is 7.79. The van der Waals surface area contributed by atoms with Gasteiger partial charge in [0.2, 0.25) is 0 Å². The number of sulfone groups is 1. The van der Waals surface area contributed by atoms with Crippen molar-refractivity contribution >= 4 is 9.84 Å². The highest BCUT2D eigenvalue weighted by molar-refractivity contribution is 7.91. The maximum atomic E-state index is 12.7. The molecule has 0 saturated carbocycles. The molecule has 20 heavy (non-hydrogen) atoms. The molecule has 0 spiro atoms. The third-order valence-corrected chi connectivity index (χ3v) is 6.20. The molecule has 0 amide bonds. The summed E-state index contributed by atoms with van der Waals surface area (Å²) in [5.74, 6) is 0.139. The zero-order valence-corrected chi connectivity index (χ0v) is 13.8. The van der Waals surface area contributed by atoms with Crippen molar-refractivity contribution in [1.82, 2.24) is 5.32 Å². The van der Waals surface area contributed by atoms with Crippen LogP contribution in [-0.2, 0) is 15.6 Å². The highest BCUT2D eigenvalue weighted by Gasteiger charge is 2.30. The van der Waals surface area contributed by atoms with Gasteiger partial charge in [-0.2, -0.15) is 0 Å². The predicted molar refractivity (Wildman–Crippen MR) is 85.6 cm³/mol. The van der Waals surface area contributed by atoms with E-state index in [0.29, 0.717) is 6.42 Å². The molecule has 1 aromatic carbocycles. The molecule has 1 aromatic rings. The van der Waals surface area contributed by atoms with Crippen LogP contribution in [-0.4, -0.2) is 26.8 Å². The van der Waals surface area contributed by atoms with Crippen LogP contribution in [0.1, 0.15) is 44.2 Å². The molecule has 0 aliphatic rings. The molecule has 0 aromatic heterocycles. The van der Waals surface area contributed by atoms with E-state index in [1.54, 1.807) is 0 Å². The number of hydrogen-bond donors (Lipinski definition) is 1. The minimum atomic E-state index is -3.14. The van der Waals surface area contributed by atoms with E-state index in [-0.39, 0.29) is 17.0 Å². The molecule has 0 aliphatic heterocycles. The second-order valence-electron chi connectivity index (χ2n) is 5.36. The van der Waals surface area contributed by atoms with Gasteiger partial charge in [0.1, 0.15) is 0 Å². The molecule has 1 rings (SSSR count). The average Bonchev–Trinajstić information content (AvgIpc) is 2.40. The van der Waals surface area contributed by atoms with Crippen LogP contribution in [0.15, 0.2) is 24.3 Å². The van der Waals surface area contributed by atoms with Crippen LogP contribution in [0.5, 0.6) is 0 Å². The summed E-state index contributed by atoms with van der Waals surface area (Å²) in [5, 5.41) is 2.87. The molecular formula is C16H27NO2S. The Balaban J connectivity index is 2.98. The first kappa shape index (κ1) is 17.2. The lowest BCUT2D eigenvalue weighted by Crippen LogP contribution is -2.42. The standard InChI is InChI=1S/C16H27NO2S/c1-5-9-15(17-4)16(6-2)20(18,19)12-14-11-8-7-10-13(14)3/h7-8,10-11,15-17H,5-6,9,12H2,1-4H3. The Morgan fingerprint density at radius 2 is 1.85 bits per heavy atom. The maximum absolute atomic E-state index is 12.7. The highest BCUT2D eigenvalue weighted by Crippen LogP contribution is 2.21. The molecule has 1 N–H and O–H groups in total. The molecule has 3 nitrogen and oxygen atoms in total. The Bertz CT molecular complexity index is 511. The summed E-state index contributed by atoms with van der Waals surface area (Å²) < 4.78 is 25.4. The fourth-order valence-electron chi connectivity index (χ4n) is 2.71. The Hall–Kier alpha value is -0.870. The third kappa shape index (κ3) is 4.32. The summed E-state index contributed by atoms with van der Waals surface area (Å²) in [6.07, 6.45) is 2.53. The Morgan fingerprint density at radius 3 is 2.35 bits per heavy atom. The summed E-state index contributed by atoms with van der Waals surface area (Å²) in [6, 6.07) is 7.76. The van der Waals surface area contributed by atoms with Crippen molar-refractivity contribution in [3.05, 3.63) is 35.4 Å². The largest absolute Gasteiger partial charge is 0.316 e. The Morgan fingerprint density at radius 1 is 1.20 bits per heavy atom. The van der Waals surface area contributed by atoms with Gasteiger partial charge in [-0.1, -0.05) is 44.5 Å². The first-order valence-corrected chi connectivity index (χ1v) is 9.11. The summed E-state index contributed by atoms with van der Waals surface area (Å²) in [5.41, 5.74) is 1.96. The lowest BCUT2D eigenvalue weighted by atomic mass is 10.1. The van der Waals surface area contributed by atoms with Crippen molar-refractivity contribution in [3.8, 4) is 0 Å². The predicted octanol–water partition coefficient (Wildman–Crippen LogP) is 3.08. The highest BCUT2D eigenvalue weighted by atomic mass is 32.2. The van der Waals surface area contributed by atoms with Gasteiger partial charge in [-0.3, -0.25) is 0 Å². The quantitative estimate of drug-likeness (QED) is 0.802. The summed E-state index contributed by atoms with van der Waals surface area (Å²) in [6.45, 7) is 6.01. The molecular weight excluding hydrogens is 270 g/mol. The number of hydrogen-bond acceptors (Lipinski definition) is 3. The fourth-order valence-corrected chi connectivity index (χ4v) is 4.96. The first-order chi connectivity index (χ1) is 9.46. The van der Waals surface area contributed by atoms with Gasteiger partial charge in [0.15, 0.2) is 9.84 Å². The lowest BCUT2D eigenvalue weighted by molar-refractivity contribution is 0.464. The van der Waals surface area contributed by atoms with Crippen molar-refractivity contribution in [2.24, 2.45) is 0 Å². The molecule has 114 valence electrons. The van der Waals surface area contributed by atoms with E-state index in [0.717, 1.165) is 24.0 Å². The smallest absolute Gasteiger partial charge is 0.158 e. The van der Waals surface area contributed by atoms with Gasteiger partial charge in [-0.25, -0.2) is 8.42 Å². The first-order valence-electron chi connectivity index (χ1n) is 7.39. The van der Waals surface area contributed by atoms with Gasteiger partial charge in [0.05, 0.1) is 11.0 Å². The van der Waals surface area contributed by atoms with Crippen LogP contribution in [0.4, 0.5) is 0 Å². The average molecular weight is 297 g/mol. The monoisotopic (exact) mass is 297 g/mol. The summed E-state index contributed by atoms with van der Waals surface area (Å²) in [4.78, 5) is 0. The van der Waals surface area contributed by atoms with Crippen molar-refractivity contribution in [2.75, 3.05) is 7.05 Å². The van der Waals surface area contributed by atoms with Crippen LogP contribution in [0.25, 0.3) is 0 Å². The molecule has 0 saturated heterocycles. The van der Waals surface area contributed by atoms with Gasteiger partial charge in [0.25, 0.3) is 0 Å². The third-order valence-electron chi connectivity index (χ3n) is 3.90. The Kier molecular flexibility index (Phi) is 6.69. The van der Waals surface area contributed by atoms with Crippen LogP contribution in [0.3, 0.4) is 0 Å². The summed E-state index contributed by atoms with van der Waals surface area (Å²) in [7, 11) is -1.29. The van der Waals surface area contributed by atoms with Gasteiger partial charge >= 0.3 is 0 Å². The SMILES string of the molecule is CCCC(NC)C(CC)S(=O)(=O)Cc1ccccc1C. The van der Waals surface area contributed by atoms with E-state index < -0.39 is 9.84 Å². The minimum Gasteiger partial charge on any atom is -0.316 e. The van der Waals surface area contributed by atoms with Crippen molar-refractivity contribution in [3.63, 3.8) is 0 Å². The van der Waals surface area contributed by atoms with Crippen LogP contribution < -0.4 is 5.32 Å². The fraction of sp³-hybridized carbons (Fsp3) is 0.625. The molecule has 0 aliphatic carbocycles. The molecule has 0 radical (unpaired) electrons. The van der Waals surface area contributed by atoms with E-state index in [1.807, 2.05) is 45.2 Å². The maximum Gasteiger partial charge on any atom is 0.158 e. The minimum absolute atomic E-state index is 0.0408. The normalized spacial score (nSPS) is 15.0. The molecule has 2 atom stereocenters. The van der Waals surface area contributed by atoms with Gasteiger partial charge in [0, 0.05) is 6.04 Å². The van der Waals surface area contributed by atoms with Crippen LogP contribution in [0.2, 0.25) is 0 Å². The summed E-state index contributed by atoms with van der Waals surface area (Å²) >= 11 is 0. The van der Waals surface area contributed by atoms with Gasteiger partial charge in [-0.15, -0.1) is 0 Å². The second-order valence-corrected chi connectivity index (χ2v) is 7.58. The van der Waals surface area contributed by atoms with E-state index in [9.17, 15) is 8.42 Å². The topological polar surface area (TPSA) is 46.2 Å².